The van der Waals surface area contributed by atoms with Crippen molar-refractivity contribution in [3.8, 4) is 0 Å². The zero-order valence-electron chi connectivity index (χ0n) is 13.5. The average Bonchev–Trinajstić information content (AvgIpc) is 2.62. The number of fused-ring (bicyclic) bond motifs is 1. The van der Waals surface area contributed by atoms with Gasteiger partial charge in [0.25, 0.3) is 5.56 Å². The number of hydrogen-bond acceptors (Lipinski definition) is 3. The average molecular weight is 361 g/mol. The molecule has 0 fully saturated rings. The normalized spacial score (nSPS) is 11.5. The molecule has 0 saturated heterocycles. The molecule has 1 N–H and O–H groups in total. The largest absolute Gasteiger partial charge is 0.416 e. The number of hydrogen-bond donors (Lipinski definition) is 1. The number of para-hydroxylation sites is 2. The van der Waals surface area contributed by atoms with Crippen molar-refractivity contribution in [3.05, 3.63) is 76.2 Å². The smallest absolute Gasteiger partial charge is 0.350 e. The van der Waals surface area contributed by atoms with Gasteiger partial charge in [0.05, 0.1) is 22.8 Å². The van der Waals surface area contributed by atoms with Gasteiger partial charge in [-0.1, -0.05) is 24.3 Å². The van der Waals surface area contributed by atoms with E-state index in [9.17, 15) is 22.8 Å². The molecular weight excluding hydrogens is 347 g/mol. The highest BCUT2D eigenvalue weighted by Gasteiger charge is 2.29. The van der Waals surface area contributed by atoms with Gasteiger partial charge in [-0.15, -0.1) is 0 Å². The minimum Gasteiger partial charge on any atom is -0.350 e. The Balaban J connectivity index is 1.69. The van der Waals surface area contributed by atoms with E-state index in [1.165, 1.54) is 16.7 Å². The van der Waals surface area contributed by atoms with Crippen LogP contribution in [-0.2, 0) is 24.1 Å². The lowest BCUT2D eigenvalue weighted by molar-refractivity contribution is -0.137. The van der Waals surface area contributed by atoms with Gasteiger partial charge in [-0.2, -0.15) is 13.2 Å². The summed E-state index contributed by atoms with van der Waals surface area (Å²) in [4.78, 5) is 28.1. The van der Waals surface area contributed by atoms with Gasteiger partial charge < -0.3 is 5.32 Å². The number of amides is 1. The first-order valence-electron chi connectivity index (χ1n) is 7.72. The van der Waals surface area contributed by atoms with E-state index in [0.29, 0.717) is 16.6 Å². The van der Waals surface area contributed by atoms with Gasteiger partial charge in [-0.05, 0) is 29.8 Å². The first kappa shape index (κ1) is 17.7. The zero-order chi connectivity index (χ0) is 18.7. The minimum absolute atomic E-state index is 0.0642. The van der Waals surface area contributed by atoms with E-state index < -0.39 is 23.2 Å². The second-order valence-corrected chi connectivity index (χ2v) is 5.64. The van der Waals surface area contributed by atoms with Crippen molar-refractivity contribution in [1.82, 2.24) is 14.9 Å². The summed E-state index contributed by atoms with van der Waals surface area (Å²) < 4.78 is 38.9. The van der Waals surface area contributed by atoms with Crippen molar-refractivity contribution in [2.45, 2.75) is 19.3 Å². The van der Waals surface area contributed by atoms with Gasteiger partial charge in [0, 0.05) is 6.54 Å². The molecule has 0 unspecified atom stereocenters. The van der Waals surface area contributed by atoms with Crippen LogP contribution in [0.25, 0.3) is 11.0 Å². The maximum atomic E-state index is 12.5. The quantitative estimate of drug-likeness (QED) is 0.777. The molecule has 8 heteroatoms. The molecule has 0 saturated carbocycles. The van der Waals surface area contributed by atoms with E-state index in [1.807, 2.05) is 0 Å². The van der Waals surface area contributed by atoms with Crippen LogP contribution in [0, 0.1) is 0 Å². The third-order valence-corrected chi connectivity index (χ3v) is 3.83. The molecule has 0 aliphatic carbocycles. The third kappa shape index (κ3) is 3.90. The molecule has 0 aliphatic rings. The van der Waals surface area contributed by atoms with Gasteiger partial charge in [0.2, 0.25) is 5.91 Å². The van der Waals surface area contributed by atoms with Crippen LogP contribution in [0.1, 0.15) is 11.1 Å². The van der Waals surface area contributed by atoms with Gasteiger partial charge in [0.15, 0.2) is 0 Å². The highest BCUT2D eigenvalue weighted by atomic mass is 19.4. The molecule has 0 bridgehead atoms. The van der Waals surface area contributed by atoms with Crippen molar-refractivity contribution in [2.24, 2.45) is 0 Å². The fourth-order valence-corrected chi connectivity index (χ4v) is 2.49. The predicted octanol–water partition coefficient (Wildman–Crippen LogP) is 2.73. The Labute approximate surface area is 146 Å². The van der Waals surface area contributed by atoms with Crippen LogP contribution in [0.2, 0.25) is 0 Å². The Morgan fingerprint density at radius 1 is 1.08 bits per heavy atom. The summed E-state index contributed by atoms with van der Waals surface area (Å²) in [5, 5.41) is 2.60. The van der Waals surface area contributed by atoms with Crippen molar-refractivity contribution < 1.29 is 18.0 Å². The van der Waals surface area contributed by atoms with Crippen molar-refractivity contribution in [1.29, 1.82) is 0 Å². The number of benzene rings is 2. The number of halogens is 3. The Morgan fingerprint density at radius 2 is 1.77 bits per heavy atom. The van der Waals surface area contributed by atoms with Crippen LogP contribution in [-0.4, -0.2) is 15.5 Å². The summed E-state index contributed by atoms with van der Waals surface area (Å²) >= 11 is 0. The van der Waals surface area contributed by atoms with Crippen LogP contribution >= 0.6 is 0 Å². The summed E-state index contributed by atoms with van der Waals surface area (Å²) in [6, 6.07) is 11.5. The Hall–Kier alpha value is -3.16. The van der Waals surface area contributed by atoms with Crippen molar-refractivity contribution in [2.75, 3.05) is 0 Å². The first-order valence-corrected chi connectivity index (χ1v) is 7.72. The lowest BCUT2D eigenvalue weighted by Gasteiger charge is -2.11. The minimum atomic E-state index is -4.40. The standard InChI is InChI=1S/C18H14F3N3O2/c19-18(20,21)13-7-5-12(6-8-13)9-23-16(25)11-24-15-4-2-1-3-14(15)22-10-17(24)26/h1-8,10H,9,11H2,(H,23,25). The molecule has 2 aromatic carbocycles. The summed E-state index contributed by atoms with van der Waals surface area (Å²) in [6.45, 7) is -0.142. The maximum absolute atomic E-state index is 12.5. The van der Waals surface area contributed by atoms with Crippen molar-refractivity contribution in [3.63, 3.8) is 0 Å². The topological polar surface area (TPSA) is 64.0 Å². The summed E-state index contributed by atoms with van der Waals surface area (Å²) in [7, 11) is 0. The molecule has 0 radical (unpaired) electrons. The van der Waals surface area contributed by atoms with Crippen LogP contribution < -0.4 is 10.9 Å². The Kier molecular flexibility index (Phi) is 4.75. The highest BCUT2D eigenvalue weighted by molar-refractivity contribution is 5.79. The lowest BCUT2D eigenvalue weighted by Crippen LogP contribution is -2.32. The van der Waals surface area contributed by atoms with Gasteiger partial charge in [-0.25, -0.2) is 4.98 Å². The number of carbonyl (C=O) groups excluding carboxylic acids is 1. The zero-order valence-corrected chi connectivity index (χ0v) is 13.5. The van der Waals surface area contributed by atoms with Crippen LogP contribution in [0.5, 0.6) is 0 Å². The van der Waals surface area contributed by atoms with E-state index in [4.69, 9.17) is 0 Å². The number of rotatable bonds is 4. The molecule has 0 aliphatic heterocycles. The Bertz CT molecular complexity index is 995. The first-order chi connectivity index (χ1) is 12.3. The molecule has 1 amide bonds. The second-order valence-electron chi connectivity index (χ2n) is 5.64. The fraction of sp³-hybridized carbons (Fsp3) is 0.167. The van der Waals surface area contributed by atoms with E-state index >= 15 is 0 Å². The van der Waals surface area contributed by atoms with Crippen LogP contribution in [0.4, 0.5) is 13.2 Å². The summed E-state index contributed by atoms with van der Waals surface area (Å²) in [6.07, 6.45) is -3.25. The molecule has 5 nitrogen and oxygen atoms in total. The number of nitrogens with one attached hydrogen (secondary N) is 1. The number of alkyl halides is 3. The predicted molar refractivity (Wildman–Crippen MR) is 89.3 cm³/mol. The van der Waals surface area contributed by atoms with E-state index in [1.54, 1.807) is 24.3 Å². The van der Waals surface area contributed by atoms with E-state index in [-0.39, 0.29) is 13.1 Å². The molecule has 0 spiro atoms. The third-order valence-electron chi connectivity index (χ3n) is 3.83. The highest BCUT2D eigenvalue weighted by Crippen LogP contribution is 2.29. The van der Waals surface area contributed by atoms with Crippen LogP contribution in [0.3, 0.4) is 0 Å². The molecule has 3 rings (SSSR count). The summed E-state index contributed by atoms with van der Waals surface area (Å²) in [5.41, 5.74) is 0.487. The number of aromatic nitrogens is 2. The molecule has 0 atom stereocenters. The number of carbonyl (C=O) groups is 1. The fourth-order valence-electron chi connectivity index (χ4n) is 2.49. The van der Waals surface area contributed by atoms with Crippen molar-refractivity contribution >= 4 is 16.9 Å². The number of nitrogens with zero attached hydrogens (tertiary/aromatic N) is 2. The van der Waals surface area contributed by atoms with Crippen LogP contribution in [0.15, 0.2) is 59.5 Å². The maximum Gasteiger partial charge on any atom is 0.416 e. The van der Waals surface area contributed by atoms with Gasteiger partial charge >= 0.3 is 6.18 Å². The second kappa shape index (κ2) is 6.99. The van der Waals surface area contributed by atoms with Gasteiger partial charge in [0.1, 0.15) is 6.54 Å². The Morgan fingerprint density at radius 3 is 2.46 bits per heavy atom. The molecule has 134 valence electrons. The molecule has 1 aromatic heterocycles. The van der Waals surface area contributed by atoms with Gasteiger partial charge in [-0.3, -0.25) is 14.2 Å². The molecule has 3 aromatic rings. The molecular formula is C18H14F3N3O2. The molecule has 1 heterocycles. The summed E-state index contributed by atoms with van der Waals surface area (Å²) in [5.74, 6) is -0.427. The molecule has 26 heavy (non-hydrogen) atoms. The van der Waals surface area contributed by atoms with E-state index in [0.717, 1.165) is 18.3 Å². The monoisotopic (exact) mass is 361 g/mol. The lowest BCUT2D eigenvalue weighted by atomic mass is 10.1. The van der Waals surface area contributed by atoms with E-state index in [2.05, 4.69) is 10.3 Å². The SMILES string of the molecule is O=C(Cn1c(=O)cnc2ccccc21)NCc1ccc(C(F)(F)F)cc1.